The van der Waals surface area contributed by atoms with Crippen molar-refractivity contribution in [2.75, 3.05) is 19.7 Å². The molecule has 0 bridgehead atoms. The fourth-order valence-corrected chi connectivity index (χ4v) is 2.80. The lowest BCUT2D eigenvalue weighted by atomic mass is 10.1. The Hall–Kier alpha value is -2.33. The second-order valence-electron chi connectivity index (χ2n) is 6.05. The highest BCUT2D eigenvalue weighted by Gasteiger charge is 2.38. The number of β-amino-alcohol motifs (C(OH)–C–C–N with tert-alkyl or cyclic N) is 1. The van der Waals surface area contributed by atoms with E-state index in [9.17, 15) is 9.90 Å². The van der Waals surface area contributed by atoms with Gasteiger partial charge in [0.25, 0.3) is 0 Å². The predicted molar refractivity (Wildman–Crippen MR) is 88.2 cm³/mol. The predicted octanol–water partition coefficient (Wildman–Crippen LogP) is 2.27. The van der Waals surface area contributed by atoms with Crippen molar-refractivity contribution in [1.29, 1.82) is 0 Å². The quantitative estimate of drug-likeness (QED) is 0.921. The number of para-hydroxylation sites is 1. The van der Waals surface area contributed by atoms with E-state index in [1.807, 2.05) is 60.7 Å². The molecule has 4 heteroatoms. The molecule has 1 amide bonds. The first-order valence-electron chi connectivity index (χ1n) is 7.87. The second-order valence-corrected chi connectivity index (χ2v) is 6.05. The van der Waals surface area contributed by atoms with E-state index in [1.54, 1.807) is 4.90 Å². The minimum absolute atomic E-state index is 0.0480. The van der Waals surface area contributed by atoms with Crippen molar-refractivity contribution in [2.45, 2.75) is 18.4 Å². The fraction of sp³-hybridized carbons (Fsp3) is 0.316. The number of hydrogen-bond acceptors (Lipinski definition) is 3. The van der Waals surface area contributed by atoms with Gasteiger partial charge >= 0.3 is 0 Å². The molecule has 2 aromatic rings. The molecule has 0 aromatic heterocycles. The number of rotatable bonds is 5. The highest BCUT2D eigenvalue weighted by molar-refractivity contribution is 5.79. The molecule has 2 aromatic carbocycles. The number of likely N-dealkylation sites (tertiary alicyclic amines) is 1. The molecule has 1 aliphatic rings. The van der Waals surface area contributed by atoms with E-state index >= 15 is 0 Å². The molecule has 1 atom stereocenters. The molecule has 0 aliphatic carbocycles. The number of carbonyl (C=O) groups excluding carboxylic acids is 1. The van der Waals surface area contributed by atoms with Crippen LogP contribution in [-0.2, 0) is 11.2 Å². The van der Waals surface area contributed by atoms with Crippen molar-refractivity contribution < 1.29 is 14.6 Å². The zero-order valence-electron chi connectivity index (χ0n) is 13.0. The van der Waals surface area contributed by atoms with Gasteiger partial charge in [-0.15, -0.1) is 0 Å². The monoisotopic (exact) mass is 311 g/mol. The lowest BCUT2D eigenvalue weighted by Gasteiger charge is -2.23. The highest BCUT2D eigenvalue weighted by Crippen LogP contribution is 2.23. The van der Waals surface area contributed by atoms with Gasteiger partial charge < -0.3 is 14.7 Å². The summed E-state index contributed by atoms with van der Waals surface area (Å²) in [7, 11) is 0. The maximum atomic E-state index is 12.4. The van der Waals surface area contributed by atoms with Gasteiger partial charge in [0.15, 0.2) is 0 Å². The molecule has 1 fully saturated rings. The second kappa shape index (κ2) is 6.84. The van der Waals surface area contributed by atoms with E-state index in [2.05, 4.69) is 0 Å². The molecule has 120 valence electrons. The van der Waals surface area contributed by atoms with Crippen molar-refractivity contribution >= 4 is 5.91 Å². The molecule has 0 saturated carbocycles. The highest BCUT2D eigenvalue weighted by atomic mass is 16.5. The Kier molecular flexibility index (Phi) is 4.63. The van der Waals surface area contributed by atoms with Crippen molar-refractivity contribution in [3.05, 3.63) is 66.2 Å². The summed E-state index contributed by atoms with van der Waals surface area (Å²) < 4.78 is 5.65. The summed E-state index contributed by atoms with van der Waals surface area (Å²) in [6.07, 6.45) is 0.914. The van der Waals surface area contributed by atoms with Crippen LogP contribution >= 0.6 is 0 Å². The number of carbonyl (C=O) groups is 1. The lowest BCUT2D eigenvalue weighted by Crippen LogP contribution is -2.41. The van der Waals surface area contributed by atoms with E-state index in [-0.39, 0.29) is 12.5 Å². The van der Waals surface area contributed by atoms with E-state index < -0.39 is 5.60 Å². The molecule has 1 N–H and O–H groups in total. The van der Waals surface area contributed by atoms with E-state index in [0.717, 1.165) is 11.3 Å². The number of benzene rings is 2. The smallest absolute Gasteiger partial charge is 0.227 e. The number of amides is 1. The van der Waals surface area contributed by atoms with Crippen LogP contribution in [-0.4, -0.2) is 41.2 Å². The van der Waals surface area contributed by atoms with E-state index in [4.69, 9.17) is 4.74 Å². The van der Waals surface area contributed by atoms with E-state index in [0.29, 0.717) is 25.9 Å². The molecular weight excluding hydrogens is 290 g/mol. The van der Waals surface area contributed by atoms with Crippen LogP contribution in [0.1, 0.15) is 12.0 Å². The Labute approximate surface area is 136 Å². The largest absolute Gasteiger partial charge is 0.491 e. The third-order valence-corrected chi connectivity index (χ3v) is 4.13. The average molecular weight is 311 g/mol. The van der Waals surface area contributed by atoms with Gasteiger partial charge in [0.1, 0.15) is 18.0 Å². The molecule has 4 nitrogen and oxygen atoms in total. The van der Waals surface area contributed by atoms with Gasteiger partial charge in [-0.3, -0.25) is 4.79 Å². The Morgan fingerprint density at radius 1 is 1.09 bits per heavy atom. The first-order chi connectivity index (χ1) is 11.1. The summed E-state index contributed by atoms with van der Waals surface area (Å²) >= 11 is 0. The minimum Gasteiger partial charge on any atom is -0.491 e. The van der Waals surface area contributed by atoms with Crippen molar-refractivity contribution in [3.63, 3.8) is 0 Å². The Morgan fingerprint density at radius 3 is 2.43 bits per heavy atom. The van der Waals surface area contributed by atoms with Crippen LogP contribution in [0.5, 0.6) is 5.75 Å². The van der Waals surface area contributed by atoms with Gasteiger partial charge in [-0.2, -0.15) is 0 Å². The van der Waals surface area contributed by atoms with Gasteiger partial charge in [0.05, 0.1) is 13.0 Å². The molecule has 1 heterocycles. The maximum Gasteiger partial charge on any atom is 0.227 e. The normalized spacial score (nSPS) is 20.5. The maximum absolute atomic E-state index is 12.4. The van der Waals surface area contributed by atoms with Crippen LogP contribution in [0.2, 0.25) is 0 Å². The van der Waals surface area contributed by atoms with Crippen LogP contribution in [0.15, 0.2) is 60.7 Å². The van der Waals surface area contributed by atoms with Crippen LogP contribution in [0.4, 0.5) is 0 Å². The Balaban J connectivity index is 1.53. The van der Waals surface area contributed by atoms with Crippen LogP contribution in [0.25, 0.3) is 0 Å². The summed E-state index contributed by atoms with van der Waals surface area (Å²) in [5.74, 6) is 0.779. The van der Waals surface area contributed by atoms with Gasteiger partial charge in [-0.05, 0) is 24.1 Å². The fourth-order valence-electron chi connectivity index (χ4n) is 2.80. The number of aliphatic hydroxyl groups is 1. The first kappa shape index (κ1) is 15.6. The molecule has 0 radical (unpaired) electrons. The van der Waals surface area contributed by atoms with Crippen molar-refractivity contribution in [1.82, 2.24) is 4.90 Å². The summed E-state index contributed by atoms with van der Waals surface area (Å²) in [4.78, 5) is 14.1. The van der Waals surface area contributed by atoms with Gasteiger partial charge in [0.2, 0.25) is 5.91 Å². The average Bonchev–Trinajstić information content (AvgIpc) is 2.98. The number of hydrogen-bond donors (Lipinski definition) is 1. The van der Waals surface area contributed by atoms with Crippen LogP contribution in [0.3, 0.4) is 0 Å². The summed E-state index contributed by atoms with van der Waals surface area (Å²) in [6, 6.07) is 19.1. The summed E-state index contributed by atoms with van der Waals surface area (Å²) in [5, 5.41) is 10.6. The van der Waals surface area contributed by atoms with Gasteiger partial charge in [-0.25, -0.2) is 0 Å². The van der Waals surface area contributed by atoms with Gasteiger partial charge in [-0.1, -0.05) is 48.5 Å². The molecule has 1 aliphatic heterocycles. The molecule has 1 saturated heterocycles. The molecular formula is C19H21NO3. The SMILES string of the molecule is O=C(Cc1ccccc1)N1CC[C@@](O)(COc2ccccc2)C1. The molecule has 23 heavy (non-hydrogen) atoms. The van der Waals surface area contributed by atoms with Crippen molar-refractivity contribution in [2.24, 2.45) is 0 Å². The standard InChI is InChI=1S/C19H21NO3/c21-18(13-16-7-3-1-4-8-16)20-12-11-19(22,14-20)15-23-17-9-5-2-6-10-17/h1-10,22H,11-15H2/t19-/m0/s1. The number of ether oxygens (including phenoxy) is 1. The third kappa shape index (κ3) is 4.11. The lowest BCUT2D eigenvalue weighted by molar-refractivity contribution is -0.130. The Bertz CT molecular complexity index is 644. The topological polar surface area (TPSA) is 49.8 Å². The van der Waals surface area contributed by atoms with Crippen LogP contribution in [0, 0.1) is 0 Å². The number of nitrogens with zero attached hydrogens (tertiary/aromatic N) is 1. The van der Waals surface area contributed by atoms with Gasteiger partial charge in [0, 0.05) is 6.54 Å². The Morgan fingerprint density at radius 2 is 1.74 bits per heavy atom. The molecule has 0 spiro atoms. The van der Waals surface area contributed by atoms with Crippen molar-refractivity contribution in [3.8, 4) is 5.75 Å². The zero-order valence-corrected chi connectivity index (χ0v) is 13.0. The summed E-state index contributed by atoms with van der Waals surface area (Å²) in [5.41, 5.74) is 0.0239. The minimum atomic E-state index is -0.970. The molecule has 3 rings (SSSR count). The van der Waals surface area contributed by atoms with Crippen LogP contribution < -0.4 is 4.74 Å². The first-order valence-corrected chi connectivity index (χ1v) is 7.87. The third-order valence-electron chi connectivity index (χ3n) is 4.13. The van der Waals surface area contributed by atoms with E-state index in [1.165, 1.54) is 0 Å². The zero-order chi connectivity index (χ0) is 16.1. The summed E-state index contributed by atoms with van der Waals surface area (Å²) in [6.45, 7) is 1.10. The molecule has 0 unspecified atom stereocenters.